The highest BCUT2D eigenvalue weighted by Crippen LogP contribution is 2.31. The number of rotatable bonds is 4. The van der Waals surface area contributed by atoms with E-state index < -0.39 is 11.8 Å². The van der Waals surface area contributed by atoms with Gasteiger partial charge in [-0.15, -0.1) is 0 Å². The molecule has 134 valence electrons. The van der Waals surface area contributed by atoms with Gasteiger partial charge in [-0.05, 0) is 58.7 Å². The first-order valence-corrected chi connectivity index (χ1v) is 8.92. The van der Waals surface area contributed by atoms with Gasteiger partial charge in [0.2, 0.25) is 17.7 Å². The van der Waals surface area contributed by atoms with Gasteiger partial charge in [0, 0.05) is 28.7 Å². The molecule has 0 spiro atoms. The zero-order chi connectivity index (χ0) is 18.8. The zero-order valence-corrected chi connectivity index (χ0v) is 15.7. The fourth-order valence-electron chi connectivity index (χ4n) is 3.05. The molecule has 1 aliphatic heterocycles. The van der Waals surface area contributed by atoms with Crippen LogP contribution in [0.15, 0.2) is 46.9 Å². The number of nitrogens with zero attached hydrogens (tertiary/aromatic N) is 1. The van der Waals surface area contributed by atoms with Gasteiger partial charge in [-0.1, -0.05) is 12.1 Å². The van der Waals surface area contributed by atoms with Crippen molar-refractivity contribution in [3.8, 4) is 0 Å². The van der Waals surface area contributed by atoms with Gasteiger partial charge >= 0.3 is 0 Å². The smallest absolute Gasteiger partial charge is 0.248 e. The molecule has 0 aliphatic carbocycles. The maximum atomic E-state index is 12.6. The number of halogens is 1. The Hall–Kier alpha value is -2.67. The third kappa shape index (κ3) is 3.62. The van der Waals surface area contributed by atoms with Gasteiger partial charge in [-0.25, -0.2) is 0 Å². The van der Waals surface area contributed by atoms with Crippen molar-refractivity contribution in [3.63, 3.8) is 0 Å². The number of carbonyl (C=O) groups is 3. The van der Waals surface area contributed by atoms with Crippen LogP contribution in [0.3, 0.4) is 0 Å². The van der Waals surface area contributed by atoms with Crippen LogP contribution in [0.5, 0.6) is 0 Å². The number of amides is 3. The van der Waals surface area contributed by atoms with Crippen LogP contribution in [0.1, 0.15) is 22.3 Å². The first kappa shape index (κ1) is 18.1. The average molecular weight is 416 g/mol. The molecule has 0 radical (unpaired) electrons. The molecule has 7 heteroatoms. The van der Waals surface area contributed by atoms with Gasteiger partial charge in [0.1, 0.15) is 0 Å². The Labute approximate surface area is 159 Å². The van der Waals surface area contributed by atoms with Crippen LogP contribution in [0, 0.1) is 12.8 Å². The predicted octanol–water partition coefficient (Wildman–Crippen LogP) is 2.85. The number of hydrogen-bond donors (Lipinski definition) is 2. The van der Waals surface area contributed by atoms with Crippen molar-refractivity contribution in [2.24, 2.45) is 11.7 Å². The van der Waals surface area contributed by atoms with Gasteiger partial charge in [0.25, 0.3) is 0 Å². The van der Waals surface area contributed by atoms with E-state index in [0.717, 1.165) is 10.2 Å². The van der Waals surface area contributed by atoms with Crippen LogP contribution < -0.4 is 16.0 Å². The van der Waals surface area contributed by atoms with Crippen molar-refractivity contribution in [1.82, 2.24) is 0 Å². The van der Waals surface area contributed by atoms with Crippen molar-refractivity contribution in [3.05, 3.63) is 58.1 Å². The lowest BCUT2D eigenvalue weighted by atomic mass is 10.1. The van der Waals surface area contributed by atoms with Crippen LogP contribution in [-0.4, -0.2) is 24.3 Å². The standard InChI is InChI=1S/C19H18BrN3O3/c1-11-8-13(6-7-14(11)18(21)25)22-19(26)12-9-17(24)23(10-12)16-5-3-2-4-15(16)20/h2-8,12H,9-10H2,1H3,(H2,21,25)(H,22,26). The fraction of sp³-hybridized carbons (Fsp3) is 0.211. The Balaban J connectivity index is 1.72. The minimum atomic E-state index is -0.508. The first-order chi connectivity index (χ1) is 12.4. The predicted molar refractivity (Wildman–Crippen MR) is 103 cm³/mol. The number of para-hydroxylation sites is 1. The van der Waals surface area contributed by atoms with E-state index in [-0.39, 0.29) is 18.2 Å². The number of benzene rings is 2. The highest BCUT2D eigenvalue weighted by atomic mass is 79.9. The second-order valence-electron chi connectivity index (χ2n) is 6.24. The summed E-state index contributed by atoms with van der Waals surface area (Å²) in [6, 6.07) is 12.3. The summed E-state index contributed by atoms with van der Waals surface area (Å²) in [6.45, 7) is 2.08. The van der Waals surface area contributed by atoms with E-state index >= 15 is 0 Å². The maximum absolute atomic E-state index is 12.6. The van der Waals surface area contributed by atoms with Gasteiger partial charge in [-0.2, -0.15) is 0 Å². The Bertz CT molecular complexity index is 897. The molecular formula is C19H18BrN3O3. The van der Waals surface area contributed by atoms with E-state index in [9.17, 15) is 14.4 Å². The second-order valence-corrected chi connectivity index (χ2v) is 7.09. The topological polar surface area (TPSA) is 92.5 Å². The van der Waals surface area contributed by atoms with E-state index in [0.29, 0.717) is 23.4 Å². The molecule has 0 aromatic heterocycles. The van der Waals surface area contributed by atoms with E-state index in [4.69, 9.17) is 5.73 Å². The number of aryl methyl sites for hydroxylation is 1. The molecule has 1 fully saturated rings. The summed E-state index contributed by atoms with van der Waals surface area (Å²) in [5.74, 6) is -1.26. The molecule has 1 atom stereocenters. The van der Waals surface area contributed by atoms with E-state index in [1.807, 2.05) is 24.3 Å². The van der Waals surface area contributed by atoms with E-state index in [2.05, 4.69) is 21.2 Å². The van der Waals surface area contributed by atoms with Gasteiger partial charge < -0.3 is 16.0 Å². The zero-order valence-electron chi connectivity index (χ0n) is 14.2. The summed E-state index contributed by atoms with van der Waals surface area (Å²) in [5, 5.41) is 2.82. The third-order valence-corrected chi connectivity index (χ3v) is 5.07. The van der Waals surface area contributed by atoms with Crippen molar-refractivity contribution in [1.29, 1.82) is 0 Å². The summed E-state index contributed by atoms with van der Waals surface area (Å²) in [7, 11) is 0. The Morgan fingerprint density at radius 3 is 2.62 bits per heavy atom. The molecule has 2 aromatic rings. The molecule has 1 aliphatic rings. The summed E-state index contributed by atoms with van der Waals surface area (Å²) in [4.78, 5) is 37.8. The molecule has 6 nitrogen and oxygen atoms in total. The summed E-state index contributed by atoms with van der Waals surface area (Å²) in [5.41, 5.74) is 7.73. The van der Waals surface area contributed by atoms with Crippen molar-refractivity contribution in [2.45, 2.75) is 13.3 Å². The molecule has 1 heterocycles. The Kier molecular flexibility index (Phi) is 5.08. The molecule has 3 amide bonds. The molecule has 1 unspecified atom stereocenters. The second kappa shape index (κ2) is 7.29. The van der Waals surface area contributed by atoms with Crippen LogP contribution >= 0.6 is 15.9 Å². The monoisotopic (exact) mass is 415 g/mol. The first-order valence-electron chi connectivity index (χ1n) is 8.13. The number of hydrogen-bond acceptors (Lipinski definition) is 3. The number of primary amides is 1. The lowest BCUT2D eigenvalue weighted by Crippen LogP contribution is -2.28. The Morgan fingerprint density at radius 1 is 1.23 bits per heavy atom. The third-order valence-electron chi connectivity index (χ3n) is 4.40. The van der Waals surface area contributed by atoms with Crippen molar-refractivity contribution in [2.75, 3.05) is 16.8 Å². The van der Waals surface area contributed by atoms with Crippen molar-refractivity contribution < 1.29 is 14.4 Å². The molecule has 26 heavy (non-hydrogen) atoms. The number of nitrogens with two attached hydrogens (primary N) is 1. The fourth-order valence-corrected chi connectivity index (χ4v) is 3.55. The number of carbonyl (C=O) groups excluding carboxylic acids is 3. The van der Waals surface area contributed by atoms with Crippen LogP contribution in [0.4, 0.5) is 11.4 Å². The molecular weight excluding hydrogens is 398 g/mol. The average Bonchev–Trinajstić information content (AvgIpc) is 2.97. The summed E-state index contributed by atoms with van der Waals surface area (Å²) >= 11 is 3.44. The van der Waals surface area contributed by atoms with E-state index in [1.165, 1.54) is 0 Å². The van der Waals surface area contributed by atoms with Gasteiger partial charge in [0.15, 0.2) is 0 Å². The Morgan fingerprint density at radius 2 is 1.96 bits per heavy atom. The molecule has 3 rings (SSSR count). The highest BCUT2D eigenvalue weighted by molar-refractivity contribution is 9.10. The summed E-state index contributed by atoms with van der Waals surface area (Å²) in [6.07, 6.45) is 0.158. The largest absolute Gasteiger partial charge is 0.366 e. The number of anilines is 2. The minimum absolute atomic E-state index is 0.0858. The normalized spacial score (nSPS) is 16.6. The van der Waals surface area contributed by atoms with Gasteiger partial charge in [-0.3, -0.25) is 14.4 Å². The molecule has 0 bridgehead atoms. The molecule has 0 saturated carbocycles. The lowest BCUT2D eigenvalue weighted by Gasteiger charge is -2.18. The molecule has 2 aromatic carbocycles. The maximum Gasteiger partial charge on any atom is 0.248 e. The van der Waals surface area contributed by atoms with Gasteiger partial charge in [0.05, 0.1) is 11.6 Å². The summed E-state index contributed by atoms with van der Waals surface area (Å²) < 4.78 is 0.812. The highest BCUT2D eigenvalue weighted by Gasteiger charge is 2.35. The van der Waals surface area contributed by atoms with Crippen LogP contribution in [-0.2, 0) is 9.59 Å². The lowest BCUT2D eigenvalue weighted by molar-refractivity contribution is -0.122. The quantitative estimate of drug-likeness (QED) is 0.803. The number of nitrogens with one attached hydrogen (secondary N) is 1. The van der Waals surface area contributed by atoms with E-state index in [1.54, 1.807) is 30.0 Å². The molecule has 1 saturated heterocycles. The minimum Gasteiger partial charge on any atom is -0.366 e. The van der Waals surface area contributed by atoms with Crippen molar-refractivity contribution >= 4 is 45.0 Å². The van der Waals surface area contributed by atoms with Crippen LogP contribution in [0.25, 0.3) is 0 Å². The molecule has 3 N–H and O–H groups in total. The SMILES string of the molecule is Cc1cc(NC(=O)C2CC(=O)N(c3ccccc3Br)C2)ccc1C(N)=O. The van der Waals surface area contributed by atoms with Crippen LogP contribution in [0.2, 0.25) is 0 Å².